The van der Waals surface area contributed by atoms with Crippen molar-refractivity contribution in [1.29, 1.82) is 0 Å². The van der Waals surface area contributed by atoms with Crippen LogP contribution in [0.2, 0.25) is 0 Å². The average Bonchev–Trinajstić information content (AvgIpc) is 2.54. The van der Waals surface area contributed by atoms with E-state index >= 15 is 0 Å². The fourth-order valence-corrected chi connectivity index (χ4v) is 2.29. The highest BCUT2D eigenvalue weighted by atomic mass is 16.2. The fraction of sp³-hybridized carbons (Fsp3) is 0.0556. The lowest BCUT2D eigenvalue weighted by Crippen LogP contribution is -2.15. The summed E-state index contributed by atoms with van der Waals surface area (Å²) in [5.41, 5.74) is 1.30. The first-order valence-electron chi connectivity index (χ1n) is 6.91. The monoisotopic (exact) mass is 290 g/mol. The Bertz CT molecular complexity index is 872. The molecule has 108 valence electrons. The number of carbonyl (C=O) groups is 2. The Morgan fingerprint density at radius 2 is 1.64 bits per heavy atom. The van der Waals surface area contributed by atoms with Gasteiger partial charge in [-0.25, -0.2) is 0 Å². The zero-order valence-electron chi connectivity index (χ0n) is 12.0. The molecule has 0 fully saturated rings. The van der Waals surface area contributed by atoms with Gasteiger partial charge in [0.15, 0.2) is 5.78 Å². The second kappa shape index (κ2) is 5.77. The molecular weight excluding hydrogens is 276 g/mol. The van der Waals surface area contributed by atoms with Gasteiger partial charge in [0.25, 0.3) is 5.91 Å². The Balaban J connectivity index is 1.92. The van der Waals surface area contributed by atoms with Gasteiger partial charge in [0.05, 0.1) is 5.69 Å². The first-order valence-corrected chi connectivity index (χ1v) is 6.91. The molecule has 0 atom stereocenters. The third-order valence-corrected chi connectivity index (χ3v) is 3.42. The number of amides is 1. The molecule has 3 rings (SSSR count). The SMILES string of the molecule is CC(=O)c1ccccc1NC(=O)c1cc2ccccc2cn1. The number of aromatic nitrogens is 1. The van der Waals surface area contributed by atoms with Crippen LogP contribution in [0.3, 0.4) is 0 Å². The van der Waals surface area contributed by atoms with Crippen molar-refractivity contribution >= 4 is 28.2 Å². The number of pyridine rings is 1. The molecule has 4 nitrogen and oxygen atoms in total. The highest BCUT2D eigenvalue weighted by Gasteiger charge is 2.12. The van der Waals surface area contributed by atoms with Crippen LogP contribution in [-0.4, -0.2) is 16.7 Å². The minimum absolute atomic E-state index is 0.0950. The topological polar surface area (TPSA) is 59.1 Å². The second-order valence-electron chi connectivity index (χ2n) is 4.97. The molecule has 3 aromatic rings. The van der Waals surface area contributed by atoms with E-state index in [-0.39, 0.29) is 11.7 Å². The predicted molar refractivity (Wildman–Crippen MR) is 86.1 cm³/mol. The summed E-state index contributed by atoms with van der Waals surface area (Å²) in [7, 11) is 0. The van der Waals surface area contributed by atoms with Crippen molar-refractivity contribution in [3.8, 4) is 0 Å². The summed E-state index contributed by atoms with van der Waals surface area (Å²) in [6.45, 7) is 1.47. The van der Waals surface area contributed by atoms with Crippen molar-refractivity contribution in [3.05, 3.63) is 72.1 Å². The maximum absolute atomic E-state index is 12.3. The maximum Gasteiger partial charge on any atom is 0.274 e. The van der Waals surface area contributed by atoms with Gasteiger partial charge >= 0.3 is 0 Å². The van der Waals surface area contributed by atoms with Crippen LogP contribution in [0.1, 0.15) is 27.8 Å². The van der Waals surface area contributed by atoms with Gasteiger partial charge in [0, 0.05) is 17.1 Å². The first-order chi connectivity index (χ1) is 10.6. The number of nitrogens with zero attached hydrogens (tertiary/aromatic N) is 1. The second-order valence-corrected chi connectivity index (χ2v) is 4.97. The van der Waals surface area contributed by atoms with E-state index in [9.17, 15) is 9.59 Å². The van der Waals surface area contributed by atoms with Crippen LogP contribution in [0.15, 0.2) is 60.8 Å². The summed E-state index contributed by atoms with van der Waals surface area (Å²) >= 11 is 0. The Labute approximate surface area is 127 Å². The standard InChI is InChI=1S/C18H14N2O2/c1-12(21)15-8-4-5-9-16(15)20-18(22)17-10-13-6-2-3-7-14(13)11-19-17/h2-11H,1H3,(H,20,22). The molecule has 4 heteroatoms. The summed E-state index contributed by atoms with van der Waals surface area (Å²) in [5, 5.41) is 4.67. The van der Waals surface area contributed by atoms with Crippen LogP contribution in [-0.2, 0) is 0 Å². The van der Waals surface area contributed by atoms with E-state index in [1.165, 1.54) is 6.92 Å². The molecule has 0 unspecified atom stereocenters. The average molecular weight is 290 g/mol. The molecule has 2 aromatic carbocycles. The van der Waals surface area contributed by atoms with Crippen LogP contribution in [0.5, 0.6) is 0 Å². The van der Waals surface area contributed by atoms with E-state index in [0.717, 1.165) is 10.8 Å². The van der Waals surface area contributed by atoms with Gasteiger partial charge < -0.3 is 5.32 Å². The number of anilines is 1. The van der Waals surface area contributed by atoms with Gasteiger partial charge in [-0.1, -0.05) is 36.4 Å². The van der Waals surface area contributed by atoms with Crippen molar-refractivity contribution < 1.29 is 9.59 Å². The molecule has 0 saturated heterocycles. The van der Waals surface area contributed by atoms with E-state index in [1.807, 2.05) is 24.3 Å². The Kier molecular flexibility index (Phi) is 3.66. The zero-order valence-corrected chi connectivity index (χ0v) is 12.0. The van der Waals surface area contributed by atoms with E-state index in [4.69, 9.17) is 0 Å². The van der Waals surface area contributed by atoms with Gasteiger partial charge in [0.1, 0.15) is 5.69 Å². The summed E-state index contributed by atoms with van der Waals surface area (Å²) in [6, 6.07) is 16.4. The van der Waals surface area contributed by atoms with E-state index in [2.05, 4.69) is 10.3 Å². The van der Waals surface area contributed by atoms with Crippen LogP contribution >= 0.6 is 0 Å². The number of ketones is 1. The Morgan fingerprint density at radius 1 is 0.955 bits per heavy atom. The summed E-state index contributed by atoms with van der Waals surface area (Å²) in [5.74, 6) is -0.429. The van der Waals surface area contributed by atoms with Crippen molar-refractivity contribution in [2.24, 2.45) is 0 Å². The maximum atomic E-state index is 12.3. The number of carbonyl (C=O) groups excluding carboxylic acids is 2. The van der Waals surface area contributed by atoms with Crippen molar-refractivity contribution in [3.63, 3.8) is 0 Å². The fourth-order valence-electron chi connectivity index (χ4n) is 2.29. The smallest absolute Gasteiger partial charge is 0.274 e. The van der Waals surface area contributed by atoms with Gasteiger partial charge in [-0.15, -0.1) is 0 Å². The van der Waals surface area contributed by atoms with E-state index in [0.29, 0.717) is 16.9 Å². The van der Waals surface area contributed by atoms with Gasteiger partial charge in [-0.3, -0.25) is 14.6 Å². The largest absolute Gasteiger partial charge is 0.320 e. The molecule has 0 aliphatic carbocycles. The van der Waals surface area contributed by atoms with Gasteiger partial charge in [-0.05, 0) is 30.5 Å². The lowest BCUT2D eigenvalue weighted by molar-refractivity contribution is 0.101. The van der Waals surface area contributed by atoms with Gasteiger partial charge in [0.2, 0.25) is 0 Å². The molecule has 0 saturated carbocycles. The van der Waals surface area contributed by atoms with Crippen molar-refractivity contribution in [1.82, 2.24) is 4.98 Å². The lowest BCUT2D eigenvalue weighted by Gasteiger charge is -2.09. The molecular formula is C18H14N2O2. The number of rotatable bonds is 3. The summed E-state index contributed by atoms with van der Waals surface area (Å²) < 4.78 is 0. The Morgan fingerprint density at radius 3 is 2.41 bits per heavy atom. The molecule has 0 aliphatic heterocycles. The minimum atomic E-state index is -0.334. The molecule has 0 radical (unpaired) electrons. The number of para-hydroxylation sites is 1. The molecule has 0 aliphatic rings. The number of benzene rings is 2. The lowest BCUT2D eigenvalue weighted by atomic mass is 10.1. The third-order valence-electron chi connectivity index (χ3n) is 3.42. The van der Waals surface area contributed by atoms with Crippen LogP contribution < -0.4 is 5.32 Å². The van der Waals surface area contributed by atoms with E-state index < -0.39 is 0 Å². The number of fused-ring (bicyclic) bond motifs is 1. The highest BCUT2D eigenvalue weighted by molar-refractivity contribution is 6.09. The number of hydrogen-bond donors (Lipinski definition) is 1. The first kappa shape index (κ1) is 13.9. The van der Waals surface area contributed by atoms with Crippen LogP contribution in [0.25, 0.3) is 10.8 Å². The molecule has 1 heterocycles. The zero-order chi connectivity index (χ0) is 15.5. The van der Waals surface area contributed by atoms with Crippen LogP contribution in [0, 0.1) is 0 Å². The van der Waals surface area contributed by atoms with Gasteiger partial charge in [-0.2, -0.15) is 0 Å². The minimum Gasteiger partial charge on any atom is -0.320 e. The quantitative estimate of drug-likeness (QED) is 0.748. The Hall–Kier alpha value is -3.01. The van der Waals surface area contributed by atoms with Crippen LogP contribution in [0.4, 0.5) is 5.69 Å². The molecule has 1 N–H and O–H groups in total. The molecule has 1 amide bonds. The highest BCUT2D eigenvalue weighted by Crippen LogP contribution is 2.18. The van der Waals surface area contributed by atoms with E-state index in [1.54, 1.807) is 36.5 Å². The molecule has 0 spiro atoms. The molecule has 22 heavy (non-hydrogen) atoms. The molecule has 1 aromatic heterocycles. The summed E-state index contributed by atoms with van der Waals surface area (Å²) in [4.78, 5) is 28.1. The molecule has 0 bridgehead atoms. The number of Topliss-reactive ketones (excluding diaryl/α,β-unsaturated/α-hetero) is 1. The van der Waals surface area contributed by atoms with Crippen molar-refractivity contribution in [2.45, 2.75) is 6.92 Å². The number of nitrogens with one attached hydrogen (secondary N) is 1. The predicted octanol–water partition coefficient (Wildman–Crippen LogP) is 3.69. The summed E-state index contributed by atoms with van der Waals surface area (Å²) in [6.07, 6.45) is 1.67. The van der Waals surface area contributed by atoms with Crippen molar-refractivity contribution in [2.75, 3.05) is 5.32 Å². The third kappa shape index (κ3) is 2.72. The number of hydrogen-bond acceptors (Lipinski definition) is 3. The normalized spacial score (nSPS) is 10.4.